The molecule has 2 atom stereocenters. The highest BCUT2D eigenvalue weighted by molar-refractivity contribution is 4.83. The third-order valence-corrected chi connectivity index (χ3v) is 4.28. The zero-order valence-corrected chi connectivity index (χ0v) is 12.7. The van der Waals surface area contributed by atoms with Crippen LogP contribution in [0.3, 0.4) is 0 Å². The summed E-state index contributed by atoms with van der Waals surface area (Å²) in [5.41, 5.74) is 0. The number of ether oxygens (including phenoxy) is 1. The molecule has 1 fully saturated rings. The average Bonchev–Trinajstić information content (AvgIpc) is 2.82. The highest BCUT2D eigenvalue weighted by atomic mass is 16.5. The molecule has 0 aromatic heterocycles. The average molecular weight is 256 g/mol. The van der Waals surface area contributed by atoms with Gasteiger partial charge < -0.3 is 15.0 Å². The predicted octanol–water partition coefficient (Wildman–Crippen LogP) is 2.37. The van der Waals surface area contributed by atoms with Crippen LogP contribution in [0.2, 0.25) is 0 Å². The minimum absolute atomic E-state index is 0.561. The van der Waals surface area contributed by atoms with Crippen molar-refractivity contribution in [1.82, 2.24) is 10.2 Å². The summed E-state index contributed by atoms with van der Waals surface area (Å²) in [6.07, 6.45) is 2.59. The van der Waals surface area contributed by atoms with Gasteiger partial charge in [0.1, 0.15) is 0 Å². The molecule has 0 aromatic carbocycles. The number of nitrogens with one attached hydrogen (secondary N) is 1. The normalized spacial score (nSPS) is 24.3. The first kappa shape index (κ1) is 15.9. The van der Waals surface area contributed by atoms with Crippen molar-refractivity contribution < 1.29 is 4.74 Å². The third kappa shape index (κ3) is 4.87. The largest absolute Gasteiger partial charge is 0.379 e. The van der Waals surface area contributed by atoms with Crippen molar-refractivity contribution in [2.45, 2.75) is 46.6 Å². The van der Waals surface area contributed by atoms with Gasteiger partial charge in [0, 0.05) is 25.0 Å². The van der Waals surface area contributed by atoms with Crippen LogP contribution in [0, 0.1) is 11.8 Å². The molecule has 1 aliphatic heterocycles. The van der Waals surface area contributed by atoms with E-state index in [1.165, 1.54) is 25.9 Å². The summed E-state index contributed by atoms with van der Waals surface area (Å²) in [6.45, 7) is 15.5. The van der Waals surface area contributed by atoms with Crippen LogP contribution in [0.5, 0.6) is 0 Å². The Bertz CT molecular complexity index is 207. The van der Waals surface area contributed by atoms with Crippen molar-refractivity contribution in [3.8, 4) is 0 Å². The summed E-state index contributed by atoms with van der Waals surface area (Å²) in [7, 11) is 0. The standard InChI is InChI=1S/C15H32N2O/c1-5-13(6-2)9-17(8-4)10-14-11-18-12-15(14)16-7-3/h13-16H,5-12H2,1-4H3. The second kappa shape index (κ2) is 8.89. The fourth-order valence-corrected chi connectivity index (χ4v) is 2.84. The van der Waals surface area contributed by atoms with Crippen molar-refractivity contribution >= 4 is 0 Å². The quantitative estimate of drug-likeness (QED) is 0.685. The molecule has 18 heavy (non-hydrogen) atoms. The lowest BCUT2D eigenvalue weighted by Gasteiger charge is -2.29. The Labute approximate surface area is 113 Å². The van der Waals surface area contributed by atoms with Gasteiger partial charge in [-0.05, 0) is 19.0 Å². The van der Waals surface area contributed by atoms with E-state index in [-0.39, 0.29) is 0 Å². The Morgan fingerprint density at radius 3 is 2.44 bits per heavy atom. The first-order valence-corrected chi connectivity index (χ1v) is 7.78. The summed E-state index contributed by atoms with van der Waals surface area (Å²) in [5, 5.41) is 3.55. The highest BCUT2D eigenvalue weighted by Crippen LogP contribution is 2.17. The maximum absolute atomic E-state index is 5.64. The van der Waals surface area contributed by atoms with Gasteiger partial charge in [0.25, 0.3) is 0 Å². The number of rotatable bonds is 9. The van der Waals surface area contributed by atoms with Crippen LogP contribution in [-0.4, -0.2) is 50.3 Å². The van der Waals surface area contributed by atoms with Crippen molar-refractivity contribution in [1.29, 1.82) is 0 Å². The van der Waals surface area contributed by atoms with Crippen LogP contribution < -0.4 is 5.32 Å². The Hall–Kier alpha value is -0.120. The minimum Gasteiger partial charge on any atom is -0.379 e. The molecule has 1 rings (SSSR count). The summed E-state index contributed by atoms with van der Waals surface area (Å²) < 4.78 is 5.64. The van der Waals surface area contributed by atoms with Gasteiger partial charge in [-0.25, -0.2) is 0 Å². The lowest BCUT2D eigenvalue weighted by atomic mass is 9.99. The van der Waals surface area contributed by atoms with Crippen LogP contribution in [-0.2, 0) is 4.74 Å². The lowest BCUT2D eigenvalue weighted by Crippen LogP contribution is -2.42. The van der Waals surface area contributed by atoms with E-state index < -0.39 is 0 Å². The summed E-state index contributed by atoms with van der Waals surface area (Å²) >= 11 is 0. The fourth-order valence-electron chi connectivity index (χ4n) is 2.84. The van der Waals surface area contributed by atoms with Crippen molar-refractivity contribution in [2.75, 3.05) is 39.4 Å². The molecule has 3 heteroatoms. The molecule has 0 aliphatic carbocycles. The monoisotopic (exact) mass is 256 g/mol. The SMILES string of the molecule is CCNC1COCC1CN(CC)CC(CC)CC. The molecule has 1 aliphatic rings. The minimum atomic E-state index is 0.561. The molecular weight excluding hydrogens is 224 g/mol. The van der Waals surface area contributed by atoms with Crippen molar-refractivity contribution in [2.24, 2.45) is 11.8 Å². The number of nitrogens with zero attached hydrogens (tertiary/aromatic N) is 1. The Balaban J connectivity index is 2.41. The van der Waals surface area contributed by atoms with Gasteiger partial charge in [-0.2, -0.15) is 0 Å². The lowest BCUT2D eigenvalue weighted by molar-refractivity contribution is 0.159. The third-order valence-electron chi connectivity index (χ3n) is 4.28. The van der Waals surface area contributed by atoms with Crippen LogP contribution >= 0.6 is 0 Å². The highest BCUT2D eigenvalue weighted by Gasteiger charge is 2.29. The second-order valence-corrected chi connectivity index (χ2v) is 5.50. The number of likely N-dealkylation sites (N-methyl/N-ethyl adjacent to an activating group) is 1. The molecule has 0 bridgehead atoms. The molecule has 2 unspecified atom stereocenters. The molecule has 108 valence electrons. The van der Waals surface area contributed by atoms with Gasteiger partial charge in [0.05, 0.1) is 13.2 Å². The second-order valence-electron chi connectivity index (χ2n) is 5.50. The maximum Gasteiger partial charge on any atom is 0.0623 e. The van der Waals surface area contributed by atoms with Crippen LogP contribution in [0.25, 0.3) is 0 Å². The van der Waals surface area contributed by atoms with E-state index in [0.717, 1.165) is 32.2 Å². The van der Waals surface area contributed by atoms with Gasteiger partial charge in [0.2, 0.25) is 0 Å². The van der Waals surface area contributed by atoms with Gasteiger partial charge in [0.15, 0.2) is 0 Å². The molecular formula is C15H32N2O. The zero-order chi connectivity index (χ0) is 13.4. The molecule has 0 spiro atoms. The predicted molar refractivity (Wildman–Crippen MR) is 78.0 cm³/mol. The molecule has 1 heterocycles. The van der Waals surface area contributed by atoms with Gasteiger partial charge >= 0.3 is 0 Å². The van der Waals surface area contributed by atoms with E-state index in [1.807, 2.05) is 0 Å². The van der Waals surface area contributed by atoms with E-state index in [2.05, 4.69) is 37.9 Å². The number of hydrogen-bond acceptors (Lipinski definition) is 3. The van der Waals surface area contributed by atoms with Crippen molar-refractivity contribution in [3.05, 3.63) is 0 Å². The van der Waals surface area contributed by atoms with Gasteiger partial charge in [-0.1, -0.05) is 40.5 Å². The van der Waals surface area contributed by atoms with E-state index in [1.54, 1.807) is 0 Å². The number of hydrogen-bond donors (Lipinski definition) is 1. The molecule has 0 radical (unpaired) electrons. The molecule has 0 aromatic rings. The van der Waals surface area contributed by atoms with Gasteiger partial charge in [-0.15, -0.1) is 0 Å². The Kier molecular flexibility index (Phi) is 7.87. The smallest absolute Gasteiger partial charge is 0.0623 e. The first-order valence-electron chi connectivity index (χ1n) is 7.78. The molecule has 1 saturated heterocycles. The fraction of sp³-hybridized carbons (Fsp3) is 1.00. The Morgan fingerprint density at radius 2 is 1.89 bits per heavy atom. The maximum atomic E-state index is 5.64. The zero-order valence-electron chi connectivity index (χ0n) is 12.7. The van der Waals surface area contributed by atoms with E-state index >= 15 is 0 Å². The van der Waals surface area contributed by atoms with E-state index in [9.17, 15) is 0 Å². The van der Waals surface area contributed by atoms with Crippen LogP contribution in [0.15, 0.2) is 0 Å². The van der Waals surface area contributed by atoms with Crippen molar-refractivity contribution in [3.63, 3.8) is 0 Å². The summed E-state index contributed by atoms with van der Waals surface area (Å²) in [6, 6.07) is 0.561. The molecule has 1 N–H and O–H groups in total. The van der Waals surface area contributed by atoms with Crippen LogP contribution in [0.4, 0.5) is 0 Å². The Morgan fingerprint density at radius 1 is 1.17 bits per heavy atom. The molecule has 0 saturated carbocycles. The molecule has 0 amide bonds. The summed E-state index contributed by atoms with van der Waals surface area (Å²) in [4.78, 5) is 2.61. The van der Waals surface area contributed by atoms with E-state index in [0.29, 0.717) is 12.0 Å². The molecule has 3 nitrogen and oxygen atoms in total. The first-order chi connectivity index (χ1) is 8.74. The topological polar surface area (TPSA) is 24.5 Å². The van der Waals surface area contributed by atoms with E-state index in [4.69, 9.17) is 4.74 Å². The summed E-state index contributed by atoms with van der Waals surface area (Å²) in [5.74, 6) is 1.52. The van der Waals surface area contributed by atoms with Gasteiger partial charge in [-0.3, -0.25) is 0 Å². The van der Waals surface area contributed by atoms with Crippen LogP contribution in [0.1, 0.15) is 40.5 Å².